The average Bonchev–Trinajstić information content (AvgIpc) is 2.95. The van der Waals surface area contributed by atoms with Crippen LogP contribution in [0, 0.1) is 0 Å². The van der Waals surface area contributed by atoms with Crippen LogP contribution in [0.3, 0.4) is 0 Å². The molecule has 1 aliphatic rings. The van der Waals surface area contributed by atoms with Crippen LogP contribution in [0.4, 0.5) is 13.2 Å². The molecule has 1 amide bonds. The number of thiocarbonyl (C=S) groups is 1. The van der Waals surface area contributed by atoms with Crippen LogP contribution < -0.4 is 4.72 Å². The number of halogens is 3. The molecule has 1 saturated heterocycles. The molecule has 6 nitrogen and oxygen atoms in total. The molecule has 1 fully saturated rings. The molecule has 12 heteroatoms. The predicted octanol–water partition coefficient (Wildman–Crippen LogP) is 3.41. The lowest BCUT2D eigenvalue weighted by Gasteiger charge is -2.14. The summed E-state index contributed by atoms with van der Waals surface area (Å²) >= 11 is 6.25. The Bertz CT molecular complexity index is 1130. The van der Waals surface area contributed by atoms with Crippen LogP contribution in [0.25, 0.3) is 6.08 Å². The minimum absolute atomic E-state index is 0.0265. The number of hydrogen-bond donors (Lipinski definition) is 1. The zero-order valence-electron chi connectivity index (χ0n) is 15.3. The predicted molar refractivity (Wildman–Crippen MR) is 111 cm³/mol. The third kappa shape index (κ3) is 4.89. The molecule has 0 atom stereocenters. The Balaban J connectivity index is 1.80. The number of rotatable bonds is 5. The van der Waals surface area contributed by atoms with Crippen LogP contribution in [-0.2, 0) is 27.5 Å². The number of benzene rings is 1. The van der Waals surface area contributed by atoms with Gasteiger partial charge in [-0.15, -0.1) is 0 Å². The number of aromatic nitrogens is 1. The van der Waals surface area contributed by atoms with Gasteiger partial charge in [-0.2, -0.15) is 13.2 Å². The third-order valence-corrected chi connectivity index (χ3v) is 6.85. The smallest absolute Gasteiger partial charge is 0.288 e. The number of hydrogen-bond acceptors (Lipinski definition) is 6. The van der Waals surface area contributed by atoms with E-state index in [2.05, 4.69) is 9.71 Å². The number of sulfonamides is 1. The fourth-order valence-corrected chi connectivity index (χ4v) is 4.59. The number of carbonyl (C=O) groups excluding carboxylic acids is 1. The van der Waals surface area contributed by atoms with Crippen LogP contribution in [-0.4, -0.2) is 35.6 Å². The van der Waals surface area contributed by atoms with Gasteiger partial charge in [-0.1, -0.05) is 42.2 Å². The van der Waals surface area contributed by atoms with Crippen molar-refractivity contribution >= 4 is 50.3 Å². The van der Waals surface area contributed by atoms with Crippen LogP contribution in [0.15, 0.2) is 52.4 Å². The molecule has 3 rings (SSSR count). The van der Waals surface area contributed by atoms with E-state index >= 15 is 0 Å². The van der Waals surface area contributed by atoms with Gasteiger partial charge in [-0.05, 0) is 42.4 Å². The van der Waals surface area contributed by atoms with E-state index in [1.807, 2.05) is 0 Å². The molecule has 1 aromatic heterocycles. The molecule has 1 aliphatic heterocycles. The van der Waals surface area contributed by atoms with E-state index in [9.17, 15) is 26.4 Å². The van der Waals surface area contributed by atoms with Crippen LogP contribution in [0.5, 0.6) is 0 Å². The molecular formula is C18H14F3N3O3S3. The SMILES string of the molecule is CNS(=O)(=O)c1cccc(/C=C2\SC(=S)N(Cc3ccc(C(F)(F)F)nc3)C2=O)c1. The second-order valence-corrected chi connectivity index (χ2v) is 9.66. The number of pyridine rings is 1. The molecule has 158 valence electrons. The zero-order chi connectivity index (χ0) is 22.1. The van der Waals surface area contributed by atoms with Crippen molar-refractivity contribution in [2.75, 3.05) is 7.05 Å². The minimum atomic E-state index is -4.54. The largest absolute Gasteiger partial charge is 0.433 e. The van der Waals surface area contributed by atoms with Gasteiger partial charge in [-0.3, -0.25) is 14.7 Å². The summed E-state index contributed by atoms with van der Waals surface area (Å²) < 4.78 is 64.2. The van der Waals surface area contributed by atoms with Crippen molar-refractivity contribution in [3.05, 3.63) is 64.3 Å². The highest BCUT2D eigenvalue weighted by atomic mass is 32.2. The summed E-state index contributed by atoms with van der Waals surface area (Å²) in [5.74, 6) is -0.424. The van der Waals surface area contributed by atoms with Crippen LogP contribution >= 0.6 is 24.0 Å². The molecule has 0 bridgehead atoms. The monoisotopic (exact) mass is 473 g/mol. The summed E-state index contributed by atoms with van der Waals surface area (Å²) in [5.41, 5.74) is -0.140. The Hall–Kier alpha value is -2.28. The zero-order valence-corrected chi connectivity index (χ0v) is 17.8. The van der Waals surface area contributed by atoms with Gasteiger partial charge in [0.25, 0.3) is 5.91 Å². The summed E-state index contributed by atoms with van der Waals surface area (Å²) in [5, 5.41) is 0. The van der Waals surface area contributed by atoms with Gasteiger partial charge in [0.05, 0.1) is 16.3 Å². The van der Waals surface area contributed by atoms with E-state index < -0.39 is 27.8 Å². The average molecular weight is 474 g/mol. The topological polar surface area (TPSA) is 79.4 Å². The van der Waals surface area contributed by atoms with Crippen molar-refractivity contribution in [1.29, 1.82) is 0 Å². The van der Waals surface area contributed by atoms with Gasteiger partial charge in [0.2, 0.25) is 10.0 Å². The molecule has 0 radical (unpaired) electrons. The molecule has 2 heterocycles. The van der Waals surface area contributed by atoms with Gasteiger partial charge >= 0.3 is 6.18 Å². The lowest BCUT2D eigenvalue weighted by molar-refractivity contribution is -0.141. The molecule has 0 saturated carbocycles. The minimum Gasteiger partial charge on any atom is -0.288 e. The number of alkyl halides is 3. The summed E-state index contributed by atoms with van der Waals surface area (Å²) in [6, 6.07) is 8.11. The van der Waals surface area contributed by atoms with Crippen molar-refractivity contribution in [3.8, 4) is 0 Å². The van der Waals surface area contributed by atoms with Crippen molar-refractivity contribution in [2.24, 2.45) is 0 Å². The van der Waals surface area contributed by atoms with Gasteiger partial charge < -0.3 is 0 Å². The van der Waals surface area contributed by atoms with E-state index in [1.54, 1.807) is 12.1 Å². The lowest BCUT2D eigenvalue weighted by Crippen LogP contribution is -2.27. The second-order valence-electron chi connectivity index (χ2n) is 6.10. The van der Waals surface area contributed by atoms with Gasteiger partial charge in [0, 0.05) is 6.20 Å². The Morgan fingerprint density at radius 3 is 2.60 bits per heavy atom. The summed E-state index contributed by atoms with van der Waals surface area (Å²) in [7, 11) is -2.34. The number of carbonyl (C=O) groups is 1. The van der Waals surface area contributed by atoms with Gasteiger partial charge in [-0.25, -0.2) is 13.1 Å². The Labute approximate surface area is 180 Å². The van der Waals surface area contributed by atoms with Crippen LogP contribution in [0.1, 0.15) is 16.8 Å². The van der Waals surface area contributed by atoms with Crippen LogP contribution in [0.2, 0.25) is 0 Å². The highest BCUT2D eigenvalue weighted by molar-refractivity contribution is 8.26. The quantitative estimate of drug-likeness (QED) is 0.530. The van der Waals surface area contributed by atoms with Crippen molar-refractivity contribution in [1.82, 2.24) is 14.6 Å². The normalized spacial score (nSPS) is 16.5. The van der Waals surface area contributed by atoms with Crippen molar-refractivity contribution < 1.29 is 26.4 Å². The highest BCUT2D eigenvalue weighted by Gasteiger charge is 2.34. The van der Waals surface area contributed by atoms with Gasteiger partial charge in [0.15, 0.2) is 0 Å². The first-order chi connectivity index (χ1) is 14.0. The molecule has 0 aliphatic carbocycles. The van der Waals surface area contributed by atoms with E-state index in [-0.39, 0.29) is 20.7 Å². The number of amides is 1. The molecule has 30 heavy (non-hydrogen) atoms. The van der Waals surface area contributed by atoms with Crippen molar-refractivity contribution in [2.45, 2.75) is 17.6 Å². The van der Waals surface area contributed by atoms with E-state index in [0.29, 0.717) is 11.1 Å². The van der Waals surface area contributed by atoms with E-state index in [0.717, 1.165) is 24.0 Å². The standard InChI is InChI=1S/C18H14F3N3O3S3/c1-22-30(26,27)13-4-2-3-11(7-13)8-14-16(25)24(17(28)29-14)10-12-5-6-15(23-9-12)18(19,20)21/h2-9,22H,10H2,1H3/b14-8-. The maximum absolute atomic E-state index is 12.7. The summed E-state index contributed by atoms with van der Waals surface area (Å²) in [6.45, 7) is -0.0265. The summed E-state index contributed by atoms with van der Waals surface area (Å²) in [4.78, 5) is 17.7. The maximum Gasteiger partial charge on any atom is 0.433 e. The maximum atomic E-state index is 12.7. The molecule has 1 aromatic carbocycles. The van der Waals surface area contributed by atoms with Gasteiger partial charge in [0.1, 0.15) is 10.0 Å². The third-order valence-electron chi connectivity index (χ3n) is 4.06. The molecule has 2 aromatic rings. The van der Waals surface area contributed by atoms with Crippen molar-refractivity contribution in [3.63, 3.8) is 0 Å². The Morgan fingerprint density at radius 2 is 2.00 bits per heavy atom. The molecule has 0 spiro atoms. The fraction of sp³-hybridized carbons (Fsp3) is 0.167. The first-order valence-electron chi connectivity index (χ1n) is 8.32. The Kier molecular flexibility index (Phi) is 6.32. The number of nitrogens with one attached hydrogen (secondary N) is 1. The number of thioether (sulfide) groups is 1. The second kappa shape index (κ2) is 8.46. The summed E-state index contributed by atoms with van der Waals surface area (Å²) in [6.07, 6.45) is -1.98. The Morgan fingerprint density at radius 1 is 1.27 bits per heavy atom. The van der Waals surface area contributed by atoms with E-state index in [4.69, 9.17) is 12.2 Å². The lowest BCUT2D eigenvalue weighted by atomic mass is 10.2. The fourth-order valence-electron chi connectivity index (χ4n) is 2.55. The first kappa shape index (κ1) is 22.4. The first-order valence-corrected chi connectivity index (χ1v) is 11.0. The highest BCUT2D eigenvalue weighted by Crippen LogP contribution is 2.34. The molecule has 0 unspecified atom stereocenters. The van der Waals surface area contributed by atoms with E-state index in [1.165, 1.54) is 36.2 Å². The molecular weight excluding hydrogens is 459 g/mol. The number of nitrogens with zero attached hydrogens (tertiary/aromatic N) is 2. The molecule has 1 N–H and O–H groups in total.